The van der Waals surface area contributed by atoms with E-state index in [1.165, 1.54) is 0 Å². The first-order valence-corrected chi connectivity index (χ1v) is 13.9. The van der Waals surface area contributed by atoms with E-state index in [1.54, 1.807) is 31.2 Å². The highest BCUT2D eigenvalue weighted by atomic mass is 16.6. The van der Waals surface area contributed by atoms with Crippen molar-refractivity contribution in [2.75, 3.05) is 6.61 Å². The third kappa shape index (κ3) is 9.13. The molecule has 2 aromatic carbocycles. The predicted molar refractivity (Wildman–Crippen MR) is 151 cm³/mol. The van der Waals surface area contributed by atoms with E-state index in [-0.39, 0.29) is 41.6 Å². The van der Waals surface area contributed by atoms with Crippen LogP contribution in [0, 0.1) is 17.8 Å². The topological polar surface area (TPSA) is 105 Å². The van der Waals surface area contributed by atoms with Crippen LogP contribution in [0.2, 0.25) is 0 Å². The molecule has 210 valence electrons. The summed E-state index contributed by atoms with van der Waals surface area (Å²) in [6.07, 6.45) is 1.24. The Morgan fingerprint density at radius 2 is 1.36 bits per heavy atom. The number of rotatable bonds is 15. The molecule has 4 atom stereocenters. The maximum atomic E-state index is 13.7. The summed E-state index contributed by atoms with van der Waals surface area (Å²) < 4.78 is 5.37. The fraction of sp³-hybridized carbons (Fsp3) is 0.500. The minimum atomic E-state index is -0.859. The largest absolute Gasteiger partial charge is 0.361 e. The average molecular weight is 535 g/mol. The molecule has 2 N–H and O–H groups in total. The normalized spacial score (nSPS) is 18.7. The molecule has 1 aliphatic rings. The van der Waals surface area contributed by atoms with Gasteiger partial charge >= 0.3 is 0 Å². The molecular weight excluding hydrogens is 492 g/mol. The number of carbonyl (C=O) groups is 4. The fourth-order valence-electron chi connectivity index (χ4n) is 4.73. The summed E-state index contributed by atoms with van der Waals surface area (Å²) in [6, 6.07) is 16.9. The number of nitrogens with one attached hydrogen (secondary N) is 2. The Hall–Kier alpha value is -3.32. The quantitative estimate of drug-likeness (QED) is 0.327. The fourth-order valence-corrected chi connectivity index (χ4v) is 4.73. The van der Waals surface area contributed by atoms with Gasteiger partial charge in [-0.3, -0.25) is 19.2 Å². The van der Waals surface area contributed by atoms with Gasteiger partial charge in [-0.15, -0.1) is 0 Å². The van der Waals surface area contributed by atoms with Crippen LogP contribution in [0.25, 0.3) is 0 Å². The maximum absolute atomic E-state index is 13.7. The molecule has 0 aliphatic carbocycles. The van der Waals surface area contributed by atoms with Crippen LogP contribution in [0.15, 0.2) is 60.7 Å². The van der Waals surface area contributed by atoms with E-state index in [1.807, 2.05) is 64.1 Å². The Morgan fingerprint density at radius 1 is 0.821 bits per heavy atom. The van der Waals surface area contributed by atoms with Gasteiger partial charge in [-0.25, -0.2) is 0 Å². The van der Waals surface area contributed by atoms with Crippen LogP contribution in [-0.4, -0.2) is 47.7 Å². The number of benzene rings is 2. The number of amides is 2. The standard InChI is InChI=1S/C32H42N2O5/c1-21(2)16-26(33-30(37)24-14-10-7-11-15-24)28(35)19-25(18-23-12-8-6-9-13-23)31(38)34-27(17-22(3)4)29(36)32(5)20-39-32/h6-15,21-22,25-27H,16-20H2,1-5H3,(H,33,37)(H,34,38)/t25-,26+,27+,32-/m1/s1. The lowest BCUT2D eigenvalue weighted by atomic mass is 9.87. The van der Waals surface area contributed by atoms with Crippen LogP contribution >= 0.6 is 0 Å². The van der Waals surface area contributed by atoms with E-state index in [0.717, 1.165) is 5.56 Å². The third-order valence-electron chi connectivity index (χ3n) is 7.02. The Kier molecular flexibility index (Phi) is 10.6. The lowest BCUT2D eigenvalue weighted by Crippen LogP contribution is -2.50. The van der Waals surface area contributed by atoms with E-state index in [9.17, 15) is 19.2 Å². The molecule has 0 saturated carbocycles. The number of Topliss-reactive ketones (excluding diaryl/α,β-unsaturated/α-hetero) is 2. The molecule has 0 radical (unpaired) electrons. The summed E-state index contributed by atoms with van der Waals surface area (Å²) in [5.41, 5.74) is 0.536. The summed E-state index contributed by atoms with van der Waals surface area (Å²) in [5, 5.41) is 5.85. The summed E-state index contributed by atoms with van der Waals surface area (Å²) in [7, 11) is 0. The van der Waals surface area contributed by atoms with Gasteiger partial charge < -0.3 is 15.4 Å². The van der Waals surface area contributed by atoms with Crippen LogP contribution in [0.3, 0.4) is 0 Å². The van der Waals surface area contributed by atoms with Gasteiger partial charge in [0.15, 0.2) is 11.6 Å². The minimum Gasteiger partial charge on any atom is -0.361 e. The molecule has 2 amide bonds. The van der Waals surface area contributed by atoms with Gasteiger partial charge in [0.1, 0.15) is 5.60 Å². The van der Waals surface area contributed by atoms with E-state index in [2.05, 4.69) is 10.6 Å². The van der Waals surface area contributed by atoms with E-state index < -0.39 is 23.6 Å². The molecular formula is C32H42N2O5. The van der Waals surface area contributed by atoms with Crippen molar-refractivity contribution in [1.82, 2.24) is 10.6 Å². The molecule has 1 saturated heterocycles. The van der Waals surface area contributed by atoms with Gasteiger partial charge in [-0.05, 0) is 55.7 Å². The van der Waals surface area contributed by atoms with Crippen LogP contribution < -0.4 is 10.6 Å². The monoisotopic (exact) mass is 534 g/mol. The Bertz CT molecular complexity index is 1130. The summed E-state index contributed by atoms with van der Waals surface area (Å²) in [6.45, 7) is 10.1. The van der Waals surface area contributed by atoms with Crippen molar-refractivity contribution < 1.29 is 23.9 Å². The number of hydrogen-bond acceptors (Lipinski definition) is 5. The Balaban J connectivity index is 1.80. The van der Waals surface area contributed by atoms with Crippen molar-refractivity contribution in [2.45, 2.75) is 78.0 Å². The number of carbonyl (C=O) groups excluding carboxylic acids is 4. The summed E-state index contributed by atoms with van der Waals surface area (Å²) >= 11 is 0. The minimum absolute atomic E-state index is 0.0520. The maximum Gasteiger partial charge on any atom is 0.251 e. The van der Waals surface area contributed by atoms with Crippen molar-refractivity contribution in [3.05, 3.63) is 71.8 Å². The second-order valence-electron chi connectivity index (χ2n) is 11.7. The van der Waals surface area contributed by atoms with Gasteiger partial charge in [0.2, 0.25) is 5.91 Å². The van der Waals surface area contributed by atoms with Gasteiger partial charge in [0.05, 0.1) is 18.7 Å². The van der Waals surface area contributed by atoms with Crippen LogP contribution in [-0.2, 0) is 25.5 Å². The van der Waals surface area contributed by atoms with Crippen molar-refractivity contribution in [2.24, 2.45) is 17.8 Å². The molecule has 1 heterocycles. The van der Waals surface area contributed by atoms with Crippen LogP contribution in [0.1, 0.15) is 69.8 Å². The second-order valence-corrected chi connectivity index (χ2v) is 11.7. The Labute approximate surface area is 232 Å². The molecule has 39 heavy (non-hydrogen) atoms. The third-order valence-corrected chi connectivity index (χ3v) is 7.02. The van der Waals surface area contributed by atoms with Gasteiger partial charge in [-0.1, -0.05) is 76.2 Å². The van der Waals surface area contributed by atoms with Crippen LogP contribution in [0.4, 0.5) is 0 Å². The second kappa shape index (κ2) is 13.7. The number of ether oxygens (including phenoxy) is 1. The molecule has 0 unspecified atom stereocenters. The smallest absolute Gasteiger partial charge is 0.251 e. The lowest BCUT2D eigenvalue weighted by Gasteiger charge is -2.26. The zero-order valence-corrected chi connectivity index (χ0v) is 23.7. The van der Waals surface area contributed by atoms with E-state index in [0.29, 0.717) is 31.4 Å². The first-order valence-electron chi connectivity index (χ1n) is 13.9. The molecule has 0 aromatic heterocycles. The van der Waals surface area contributed by atoms with Crippen molar-refractivity contribution >= 4 is 23.4 Å². The molecule has 0 spiro atoms. The van der Waals surface area contributed by atoms with Crippen molar-refractivity contribution in [1.29, 1.82) is 0 Å². The first-order chi connectivity index (χ1) is 18.5. The number of hydrogen-bond donors (Lipinski definition) is 2. The lowest BCUT2D eigenvalue weighted by molar-refractivity contribution is -0.134. The van der Waals surface area contributed by atoms with Crippen molar-refractivity contribution in [3.63, 3.8) is 0 Å². The van der Waals surface area contributed by atoms with E-state index in [4.69, 9.17) is 4.74 Å². The summed E-state index contributed by atoms with van der Waals surface area (Å²) in [5.74, 6) is -1.36. The van der Waals surface area contributed by atoms with Gasteiger partial charge in [-0.2, -0.15) is 0 Å². The van der Waals surface area contributed by atoms with E-state index >= 15 is 0 Å². The van der Waals surface area contributed by atoms with Crippen molar-refractivity contribution in [3.8, 4) is 0 Å². The molecule has 3 rings (SSSR count). The highest BCUT2D eigenvalue weighted by Crippen LogP contribution is 2.30. The first kappa shape index (κ1) is 30.2. The molecule has 7 heteroatoms. The molecule has 0 bridgehead atoms. The highest BCUT2D eigenvalue weighted by molar-refractivity contribution is 6.00. The average Bonchev–Trinajstić information content (AvgIpc) is 3.65. The highest BCUT2D eigenvalue weighted by Gasteiger charge is 2.50. The van der Waals surface area contributed by atoms with Crippen LogP contribution in [0.5, 0.6) is 0 Å². The molecule has 1 fully saturated rings. The number of epoxide rings is 1. The summed E-state index contributed by atoms with van der Waals surface area (Å²) in [4.78, 5) is 53.3. The zero-order chi connectivity index (χ0) is 28.6. The molecule has 7 nitrogen and oxygen atoms in total. The SMILES string of the molecule is CC(C)C[C@H](NC(=O)c1ccccc1)C(=O)C[C@@H](Cc1ccccc1)C(=O)N[C@@H](CC(C)C)C(=O)[C@@]1(C)CO1. The zero-order valence-electron chi connectivity index (χ0n) is 23.7. The Morgan fingerprint density at radius 3 is 1.90 bits per heavy atom. The number of ketones is 2. The molecule has 2 aromatic rings. The predicted octanol–water partition coefficient (Wildman–Crippen LogP) is 4.54. The van der Waals surface area contributed by atoms with Gasteiger partial charge in [0, 0.05) is 17.9 Å². The molecule has 1 aliphatic heterocycles. The van der Waals surface area contributed by atoms with Gasteiger partial charge in [0.25, 0.3) is 5.91 Å².